The lowest BCUT2D eigenvalue weighted by Crippen LogP contribution is -2.25. The topological polar surface area (TPSA) is 61.2 Å². The van der Waals surface area contributed by atoms with Crippen LogP contribution in [0.2, 0.25) is 0 Å². The molecule has 0 saturated heterocycles. The molecule has 0 atom stereocenters. The standard InChI is InChI=1S/C21H21BrN2O3S/c1-13-4-5-15(10-14(13)2)19(25)12-28-21-23-18-7-6-16(22)11-17(18)20(26)24(21)8-9-27-3/h4-7,10-11H,8-9,12H2,1-3H3. The number of Topliss-reactive ketones (excluding diaryl/α,β-unsaturated/α-hetero) is 1. The second-order valence-corrected chi connectivity index (χ2v) is 8.37. The second kappa shape index (κ2) is 9.03. The lowest BCUT2D eigenvalue weighted by atomic mass is 10.0. The number of aromatic nitrogens is 2. The number of methoxy groups -OCH3 is 1. The minimum Gasteiger partial charge on any atom is -0.383 e. The van der Waals surface area contributed by atoms with Crippen molar-refractivity contribution in [1.82, 2.24) is 9.55 Å². The maximum atomic E-state index is 13.0. The number of ketones is 1. The van der Waals surface area contributed by atoms with Gasteiger partial charge in [-0.05, 0) is 49.2 Å². The summed E-state index contributed by atoms with van der Waals surface area (Å²) in [5.41, 5.74) is 3.39. The van der Waals surface area contributed by atoms with Crippen LogP contribution < -0.4 is 5.56 Å². The normalized spacial score (nSPS) is 11.1. The minimum atomic E-state index is -0.135. The maximum absolute atomic E-state index is 13.0. The molecule has 3 aromatic rings. The molecule has 7 heteroatoms. The molecule has 1 heterocycles. The largest absolute Gasteiger partial charge is 0.383 e. The van der Waals surface area contributed by atoms with Crippen LogP contribution in [0.1, 0.15) is 21.5 Å². The fourth-order valence-electron chi connectivity index (χ4n) is 2.79. The van der Waals surface area contributed by atoms with Crippen molar-refractivity contribution in [1.29, 1.82) is 0 Å². The van der Waals surface area contributed by atoms with E-state index >= 15 is 0 Å². The van der Waals surface area contributed by atoms with E-state index in [0.717, 1.165) is 15.6 Å². The fraction of sp³-hybridized carbons (Fsp3) is 0.286. The Bertz CT molecular complexity index is 1090. The van der Waals surface area contributed by atoms with Crippen LogP contribution in [0.3, 0.4) is 0 Å². The van der Waals surface area contributed by atoms with Crippen LogP contribution in [-0.4, -0.2) is 34.8 Å². The molecule has 0 aliphatic heterocycles. The maximum Gasteiger partial charge on any atom is 0.262 e. The number of carbonyl (C=O) groups is 1. The Morgan fingerprint density at radius 1 is 1.18 bits per heavy atom. The zero-order valence-corrected chi connectivity index (χ0v) is 18.4. The third-order valence-corrected chi connectivity index (χ3v) is 6.03. The first kappa shape index (κ1) is 20.8. The lowest BCUT2D eigenvalue weighted by molar-refractivity contribution is 0.102. The van der Waals surface area contributed by atoms with Crippen molar-refractivity contribution in [2.24, 2.45) is 0 Å². The highest BCUT2D eigenvalue weighted by molar-refractivity contribution is 9.10. The molecule has 0 N–H and O–H groups in total. The number of aryl methyl sites for hydroxylation is 2. The molecular formula is C21H21BrN2O3S. The third kappa shape index (κ3) is 4.54. The van der Waals surface area contributed by atoms with Crippen LogP contribution in [0, 0.1) is 13.8 Å². The number of nitrogens with zero attached hydrogens (tertiary/aromatic N) is 2. The van der Waals surface area contributed by atoms with E-state index in [2.05, 4.69) is 20.9 Å². The number of hydrogen-bond acceptors (Lipinski definition) is 5. The van der Waals surface area contributed by atoms with Crippen molar-refractivity contribution in [3.63, 3.8) is 0 Å². The van der Waals surface area contributed by atoms with Gasteiger partial charge in [0.05, 0.1) is 29.8 Å². The Kier molecular flexibility index (Phi) is 6.69. The Morgan fingerprint density at radius 2 is 1.96 bits per heavy atom. The van der Waals surface area contributed by atoms with E-state index in [4.69, 9.17) is 4.74 Å². The molecule has 1 aromatic heterocycles. The van der Waals surface area contributed by atoms with E-state index in [1.54, 1.807) is 23.8 Å². The van der Waals surface area contributed by atoms with Gasteiger partial charge < -0.3 is 4.74 Å². The molecule has 0 aliphatic rings. The van der Waals surface area contributed by atoms with Crippen molar-refractivity contribution in [3.8, 4) is 0 Å². The number of benzene rings is 2. The number of fused-ring (bicyclic) bond motifs is 1. The molecule has 0 bridgehead atoms. The molecule has 0 radical (unpaired) electrons. The molecule has 0 aliphatic carbocycles. The Hall–Kier alpha value is -1.96. The summed E-state index contributed by atoms with van der Waals surface area (Å²) in [6.07, 6.45) is 0. The van der Waals surface area contributed by atoms with Crippen molar-refractivity contribution in [2.45, 2.75) is 25.5 Å². The van der Waals surface area contributed by atoms with E-state index in [0.29, 0.717) is 34.8 Å². The quantitative estimate of drug-likeness (QED) is 0.297. The number of rotatable bonds is 7. The average molecular weight is 461 g/mol. The van der Waals surface area contributed by atoms with E-state index in [9.17, 15) is 9.59 Å². The molecule has 3 rings (SSSR count). The third-order valence-electron chi connectivity index (χ3n) is 4.56. The number of halogens is 1. The summed E-state index contributed by atoms with van der Waals surface area (Å²) in [6.45, 7) is 4.78. The van der Waals surface area contributed by atoms with Gasteiger partial charge >= 0.3 is 0 Å². The SMILES string of the molecule is COCCn1c(SCC(=O)c2ccc(C)c(C)c2)nc2ccc(Br)cc2c1=O. The van der Waals surface area contributed by atoms with Crippen molar-refractivity contribution in [2.75, 3.05) is 19.5 Å². The summed E-state index contributed by atoms with van der Waals surface area (Å²) in [6, 6.07) is 11.1. The van der Waals surface area contributed by atoms with Crippen LogP contribution in [-0.2, 0) is 11.3 Å². The van der Waals surface area contributed by atoms with Crippen LogP contribution in [0.5, 0.6) is 0 Å². The van der Waals surface area contributed by atoms with Crippen molar-refractivity contribution in [3.05, 3.63) is 67.9 Å². The van der Waals surface area contributed by atoms with Gasteiger partial charge in [0.25, 0.3) is 5.56 Å². The van der Waals surface area contributed by atoms with Gasteiger partial charge in [0.15, 0.2) is 10.9 Å². The lowest BCUT2D eigenvalue weighted by Gasteiger charge is -2.13. The van der Waals surface area contributed by atoms with Gasteiger partial charge in [-0.1, -0.05) is 39.8 Å². The van der Waals surface area contributed by atoms with Gasteiger partial charge in [0.2, 0.25) is 0 Å². The first-order valence-electron chi connectivity index (χ1n) is 8.83. The molecule has 2 aromatic carbocycles. The molecule has 0 fully saturated rings. The zero-order chi connectivity index (χ0) is 20.3. The Balaban J connectivity index is 1.92. The molecule has 28 heavy (non-hydrogen) atoms. The van der Waals surface area contributed by atoms with E-state index < -0.39 is 0 Å². The molecule has 0 amide bonds. The van der Waals surface area contributed by atoms with Crippen LogP contribution in [0.15, 0.2) is 50.8 Å². The molecule has 0 unspecified atom stereocenters. The van der Waals surface area contributed by atoms with Crippen molar-refractivity contribution >= 4 is 44.4 Å². The Morgan fingerprint density at radius 3 is 2.68 bits per heavy atom. The van der Waals surface area contributed by atoms with Gasteiger partial charge in [-0.2, -0.15) is 0 Å². The van der Waals surface area contributed by atoms with Gasteiger partial charge in [-0.3, -0.25) is 14.2 Å². The minimum absolute atomic E-state index is 0.0107. The first-order valence-corrected chi connectivity index (χ1v) is 10.6. The zero-order valence-electron chi connectivity index (χ0n) is 16.0. The summed E-state index contributed by atoms with van der Waals surface area (Å²) < 4.78 is 7.54. The summed E-state index contributed by atoms with van der Waals surface area (Å²) in [7, 11) is 1.59. The Labute approximate surface area is 176 Å². The highest BCUT2D eigenvalue weighted by atomic mass is 79.9. The second-order valence-electron chi connectivity index (χ2n) is 6.52. The van der Waals surface area contributed by atoms with Gasteiger partial charge in [-0.15, -0.1) is 0 Å². The van der Waals surface area contributed by atoms with Gasteiger partial charge in [-0.25, -0.2) is 4.98 Å². The summed E-state index contributed by atoms with van der Waals surface area (Å²) >= 11 is 4.68. The average Bonchev–Trinajstić information content (AvgIpc) is 2.68. The number of ether oxygens (including phenoxy) is 1. The smallest absolute Gasteiger partial charge is 0.262 e. The van der Waals surface area contributed by atoms with Crippen LogP contribution in [0.25, 0.3) is 10.9 Å². The number of hydrogen-bond donors (Lipinski definition) is 0. The molecule has 5 nitrogen and oxygen atoms in total. The number of thioether (sulfide) groups is 1. The predicted molar refractivity (Wildman–Crippen MR) is 117 cm³/mol. The van der Waals surface area contributed by atoms with E-state index in [1.165, 1.54) is 11.8 Å². The van der Waals surface area contributed by atoms with Crippen LogP contribution >= 0.6 is 27.7 Å². The summed E-state index contributed by atoms with van der Waals surface area (Å²) in [4.78, 5) is 30.2. The predicted octanol–water partition coefficient (Wildman–Crippen LogP) is 4.40. The molecular weight excluding hydrogens is 440 g/mol. The van der Waals surface area contributed by atoms with Crippen molar-refractivity contribution < 1.29 is 9.53 Å². The van der Waals surface area contributed by atoms with E-state index in [1.807, 2.05) is 38.1 Å². The monoisotopic (exact) mass is 460 g/mol. The molecule has 0 saturated carbocycles. The molecule has 146 valence electrons. The highest BCUT2D eigenvalue weighted by Gasteiger charge is 2.15. The highest BCUT2D eigenvalue weighted by Crippen LogP contribution is 2.22. The summed E-state index contributed by atoms with van der Waals surface area (Å²) in [5, 5.41) is 1.06. The summed E-state index contributed by atoms with van der Waals surface area (Å²) in [5.74, 6) is 0.223. The molecule has 0 spiro atoms. The van der Waals surface area contributed by atoms with Gasteiger partial charge in [0.1, 0.15) is 0 Å². The van der Waals surface area contributed by atoms with Crippen LogP contribution in [0.4, 0.5) is 0 Å². The van der Waals surface area contributed by atoms with E-state index in [-0.39, 0.29) is 17.1 Å². The van der Waals surface area contributed by atoms with Gasteiger partial charge in [0, 0.05) is 17.1 Å². The first-order chi connectivity index (χ1) is 13.4. The number of carbonyl (C=O) groups excluding carboxylic acids is 1. The fourth-order valence-corrected chi connectivity index (χ4v) is 4.07.